The summed E-state index contributed by atoms with van der Waals surface area (Å²) >= 11 is 0. The average molecular weight is 334 g/mol. The van der Waals surface area contributed by atoms with Crippen LogP contribution in [0.2, 0.25) is 0 Å². The molecule has 0 spiro atoms. The van der Waals surface area contributed by atoms with Crippen molar-refractivity contribution in [3.63, 3.8) is 0 Å². The van der Waals surface area contributed by atoms with Crippen molar-refractivity contribution in [3.8, 4) is 11.5 Å². The van der Waals surface area contributed by atoms with Crippen LogP contribution in [0.3, 0.4) is 0 Å². The maximum atomic E-state index is 5.93. The molecule has 25 heavy (non-hydrogen) atoms. The zero-order valence-electron chi connectivity index (χ0n) is 15.3. The minimum Gasteiger partial charge on any atom is -0.457 e. The molecule has 0 saturated heterocycles. The lowest BCUT2D eigenvalue weighted by atomic mass is 9.96. The molecule has 0 unspecified atom stereocenters. The number of benzene rings is 2. The molecule has 0 aliphatic rings. The number of nitrogens with two attached hydrogens (primary N) is 1. The maximum Gasteiger partial charge on any atom is 0.127 e. The Kier molecular flexibility index (Phi) is 7.94. The van der Waals surface area contributed by atoms with Gasteiger partial charge in [0.05, 0.1) is 5.71 Å². The highest BCUT2D eigenvalue weighted by molar-refractivity contribution is 6.15. The summed E-state index contributed by atoms with van der Waals surface area (Å²) in [4.78, 5) is 4.39. The summed E-state index contributed by atoms with van der Waals surface area (Å²) in [6.45, 7) is 13.9. The lowest BCUT2D eigenvalue weighted by Gasteiger charge is -2.14. The number of aliphatic imine (C=N–C) groups is 1. The van der Waals surface area contributed by atoms with Crippen molar-refractivity contribution in [3.05, 3.63) is 96.7 Å². The SMILES string of the molecule is C=C.C=C(N)C(C(=NC)c1ccc(Oc2ccccc2)cc1)=C(C)C. The van der Waals surface area contributed by atoms with Gasteiger partial charge in [-0.1, -0.05) is 30.4 Å². The molecular formula is C22H26N2O. The fourth-order valence-electron chi connectivity index (χ4n) is 2.40. The molecular weight excluding hydrogens is 308 g/mol. The molecule has 0 aliphatic heterocycles. The lowest BCUT2D eigenvalue weighted by Crippen LogP contribution is -2.13. The Morgan fingerprint density at radius 2 is 1.44 bits per heavy atom. The second-order valence-corrected chi connectivity index (χ2v) is 5.41. The molecule has 130 valence electrons. The first-order valence-corrected chi connectivity index (χ1v) is 7.95. The number of ether oxygens (including phenoxy) is 1. The van der Waals surface area contributed by atoms with E-state index in [1.807, 2.05) is 68.4 Å². The number of nitrogens with zero attached hydrogens (tertiary/aromatic N) is 1. The van der Waals surface area contributed by atoms with Crippen molar-refractivity contribution in [1.29, 1.82) is 0 Å². The van der Waals surface area contributed by atoms with Crippen molar-refractivity contribution in [2.45, 2.75) is 13.8 Å². The highest BCUT2D eigenvalue weighted by Crippen LogP contribution is 2.23. The van der Waals surface area contributed by atoms with Gasteiger partial charge in [0.25, 0.3) is 0 Å². The minimum absolute atomic E-state index is 0.523. The van der Waals surface area contributed by atoms with E-state index < -0.39 is 0 Å². The Bertz CT molecular complexity index is 752. The Balaban J connectivity index is 0.00000151. The van der Waals surface area contributed by atoms with E-state index in [0.717, 1.165) is 33.9 Å². The van der Waals surface area contributed by atoms with Crippen molar-refractivity contribution in [1.82, 2.24) is 0 Å². The topological polar surface area (TPSA) is 47.6 Å². The van der Waals surface area contributed by atoms with E-state index in [4.69, 9.17) is 10.5 Å². The molecule has 0 radical (unpaired) electrons. The number of allylic oxidation sites excluding steroid dienone is 2. The Labute approximate surface area is 150 Å². The first-order chi connectivity index (χ1) is 12.0. The zero-order chi connectivity index (χ0) is 18.8. The molecule has 0 bridgehead atoms. The first kappa shape index (κ1) is 20.0. The molecule has 0 aromatic heterocycles. The van der Waals surface area contributed by atoms with Gasteiger partial charge in [0.1, 0.15) is 11.5 Å². The Morgan fingerprint density at radius 1 is 0.920 bits per heavy atom. The fraction of sp³-hybridized carbons (Fsp3) is 0.136. The predicted octanol–water partition coefficient (Wildman–Crippen LogP) is 5.51. The third-order valence-corrected chi connectivity index (χ3v) is 3.39. The van der Waals surface area contributed by atoms with Crippen molar-refractivity contribution < 1.29 is 4.74 Å². The van der Waals surface area contributed by atoms with E-state index in [2.05, 4.69) is 24.7 Å². The molecule has 2 N–H and O–H groups in total. The molecule has 0 amide bonds. The van der Waals surface area contributed by atoms with Crippen LogP contribution in [-0.2, 0) is 0 Å². The number of para-hydroxylation sites is 1. The van der Waals surface area contributed by atoms with Crippen LogP contribution in [0.4, 0.5) is 0 Å². The van der Waals surface area contributed by atoms with Gasteiger partial charge >= 0.3 is 0 Å². The smallest absolute Gasteiger partial charge is 0.127 e. The van der Waals surface area contributed by atoms with Crippen molar-refractivity contribution >= 4 is 5.71 Å². The van der Waals surface area contributed by atoms with Gasteiger partial charge in [-0.2, -0.15) is 0 Å². The molecule has 0 aliphatic carbocycles. The van der Waals surface area contributed by atoms with Crippen LogP contribution in [0, 0.1) is 0 Å². The van der Waals surface area contributed by atoms with Gasteiger partial charge < -0.3 is 10.5 Å². The fourth-order valence-corrected chi connectivity index (χ4v) is 2.40. The number of hydrogen-bond donors (Lipinski definition) is 1. The molecule has 3 heteroatoms. The predicted molar refractivity (Wildman–Crippen MR) is 108 cm³/mol. The van der Waals surface area contributed by atoms with Crippen molar-refractivity contribution in [2.24, 2.45) is 10.7 Å². The second kappa shape index (κ2) is 9.93. The van der Waals surface area contributed by atoms with Gasteiger partial charge in [-0.25, -0.2) is 0 Å². The van der Waals surface area contributed by atoms with Gasteiger partial charge in [-0.15, -0.1) is 13.2 Å². The third-order valence-electron chi connectivity index (χ3n) is 3.39. The van der Waals surface area contributed by atoms with Gasteiger partial charge in [-0.3, -0.25) is 4.99 Å². The molecule has 3 nitrogen and oxygen atoms in total. The summed E-state index contributed by atoms with van der Waals surface area (Å²) in [5.74, 6) is 1.59. The summed E-state index contributed by atoms with van der Waals surface area (Å²) in [6.07, 6.45) is 0. The summed E-state index contributed by atoms with van der Waals surface area (Å²) in [6, 6.07) is 17.5. The van der Waals surface area contributed by atoms with Gasteiger partial charge in [-0.05, 0) is 50.2 Å². The summed E-state index contributed by atoms with van der Waals surface area (Å²) < 4.78 is 5.81. The lowest BCUT2D eigenvalue weighted by molar-refractivity contribution is 0.482. The van der Waals surface area contributed by atoms with E-state index in [9.17, 15) is 0 Å². The Hall–Kier alpha value is -3.07. The third kappa shape index (κ3) is 5.50. The molecule has 0 fully saturated rings. The zero-order valence-corrected chi connectivity index (χ0v) is 15.3. The second-order valence-electron chi connectivity index (χ2n) is 5.41. The minimum atomic E-state index is 0.523. The van der Waals surface area contributed by atoms with E-state index in [1.54, 1.807) is 7.05 Å². The standard InChI is InChI=1S/C20H22N2O.C2H4/c1-14(2)19(15(3)21)20(22-4)16-10-12-18(13-11-16)23-17-8-6-5-7-9-17;1-2/h5-13H,3,21H2,1-2,4H3;1-2H2. The summed E-state index contributed by atoms with van der Waals surface area (Å²) in [5, 5.41) is 0. The van der Waals surface area contributed by atoms with Crippen LogP contribution in [0.1, 0.15) is 19.4 Å². The maximum absolute atomic E-state index is 5.93. The average Bonchev–Trinajstić information content (AvgIpc) is 2.62. The molecule has 0 atom stereocenters. The largest absolute Gasteiger partial charge is 0.457 e. The monoisotopic (exact) mass is 334 g/mol. The van der Waals surface area contributed by atoms with Gasteiger partial charge in [0.15, 0.2) is 0 Å². The van der Waals surface area contributed by atoms with Crippen LogP contribution < -0.4 is 10.5 Å². The van der Waals surface area contributed by atoms with E-state index in [-0.39, 0.29) is 0 Å². The molecule has 0 saturated carbocycles. The highest BCUT2D eigenvalue weighted by Gasteiger charge is 2.12. The van der Waals surface area contributed by atoms with Crippen LogP contribution in [0.5, 0.6) is 11.5 Å². The number of hydrogen-bond acceptors (Lipinski definition) is 3. The summed E-state index contributed by atoms with van der Waals surface area (Å²) in [7, 11) is 1.76. The van der Waals surface area contributed by atoms with Crippen molar-refractivity contribution in [2.75, 3.05) is 7.05 Å². The highest BCUT2D eigenvalue weighted by atomic mass is 16.5. The first-order valence-electron chi connectivity index (χ1n) is 7.95. The molecule has 2 aromatic rings. The summed E-state index contributed by atoms with van der Waals surface area (Å²) in [5.41, 5.74) is 10.2. The van der Waals surface area contributed by atoms with Gasteiger partial charge in [0.2, 0.25) is 0 Å². The van der Waals surface area contributed by atoms with Crippen LogP contribution >= 0.6 is 0 Å². The van der Waals surface area contributed by atoms with Gasteiger partial charge in [0, 0.05) is 23.9 Å². The quantitative estimate of drug-likeness (QED) is 0.445. The normalized spacial score (nSPS) is 10.3. The Morgan fingerprint density at radius 3 is 1.88 bits per heavy atom. The van der Waals surface area contributed by atoms with E-state index in [0.29, 0.717) is 5.70 Å². The van der Waals surface area contributed by atoms with E-state index in [1.165, 1.54) is 0 Å². The van der Waals surface area contributed by atoms with E-state index >= 15 is 0 Å². The molecule has 2 rings (SSSR count). The van der Waals surface area contributed by atoms with Crippen LogP contribution in [-0.4, -0.2) is 12.8 Å². The van der Waals surface area contributed by atoms with Crippen LogP contribution in [0.25, 0.3) is 0 Å². The van der Waals surface area contributed by atoms with Crippen LogP contribution in [0.15, 0.2) is 96.2 Å². The molecule has 0 heterocycles. The molecule has 2 aromatic carbocycles. The number of rotatable bonds is 5.